The van der Waals surface area contributed by atoms with Crippen molar-refractivity contribution in [3.8, 4) is 17.2 Å². The van der Waals surface area contributed by atoms with Gasteiger partial charge in [-0.05, 0) is 48.7 Å². The fourth-order valence-electron chi connectivity index (χ4n) is 3.62. The van der Waals surface area contributed by atoms with E-state index in [4.69, 9.17) is 30.1 Å². The standard InChI is InChI=1S/C22H23N3O6/c1-13(26)30-20-17(21(23)24)5-2-6-18(20)25-11-16(31-22(25)27)12-29-15-7-8-19-14(10-15)4-3-9-28-19/h2,5-8,10,16H,3-4,9,11-12H2,1H3,(H3,23,24). The van der Waals surface area contributed by atoms with E-state index in [9.17, 15) is 9.59 Å². The van der Waals surface area contributed by atoms with Crippen LogP contribution in [-0.4, -0.2) is 43.8 Å². The molecule has 2 aliphatic rings. The largest absolute Gasteiger partial charge is 0.493 e. The number of aryl methyl sites for hydroxylation is 1. The number of para-hydroxylation sites is 1. The van der Waals surface area contributed by atoms with Gasteiger partial charge in [-0.25, -0.2) is 4.79 Å². The lowest BCUT2D eigenvalue weighted by molar-refractivity contribution is -0.131. The average molecular weight is 425 g/mol. The molecule has 0 radical (unpaired) electrons. The molecule has 3 N–H and O–H groups in total. The van der Waals surface area contributed by atoms with Crippen molar-refractivity contribution in [1.29, 1.82) is 5.41 Å². The fourth-order valence-corrected chi connectivity index (χ4v) is 3.62. The lowest BCUT2D eigenvalue weighted by atomic mass is 10.1. The number of cyclic esters (lactones) is 1. The number of anilines is 1. The van der Waals surface area contributed by atoms with Crippen LogP contribution in [0.3, 0.4) is 0 Å². The summed E-state index contributed by atoms with van der Waals surface area (Å²) in [6.07, 6.45) is 0.784. The fraction of sp³-hybridized carbons (Fsp3) is 0.318. The number of hydrogen-bond acceptors (Lipinski definition) is 7. The molecule has 4 rings (SSSR count). The van der Waals surface area contributed by atoms with Crippen LogP contribution in [0.1, 0.15) is 24.5 Å². The Kier molecular flexibility index (Phi) is 5.66. The Hall–Kier alpha value is -3.75. The Morgan fingerprint density at radius 2 is 2.16 bits per heavy atom. The van der Waals surface area contributed by atoms with Gasteiger partial charge in [0.05, 0.1) is 24.4 Å². The third-order valence-corrected chi connectivity index (χ3v) is 5.01. The molecule has 2 aliphatic heterocycles. The van der Waals surface area contributed by atoms with Crippen LogP contribution in [0, 0.1) is 5.41 Å². The van der Waals surface area contributed by atoms with Crippen LogP contribution < -0.4 is 24.8 Å². The number of nitrogens with zero attached hydrogens (tertiary/aromatic N) is 1. The number of rotatable bonds is 6. The monoisotopic (exact) mass is 425 g/mol. The zero-order valence-electron chi connectivity index (χ0n) is 17.1. The van der Waals surface area contributed by atoms with Gasteiger partial charge in [0.15, 0.2) is 11.9 Å². The molecule has 0 bridgehead atoms. The smallest absolute Gasteiger partial charge is 0.415 e. The van der Waals surface area contributed by atoms with Gasteiger partial charge in [-0.2, -0.15) is 0 Å². The van der Waals surface area contributed by atoms with Crippen molar-refractivity contribution in [1.82, 2.24) is 0 Å². The zero-order valence-corrected chi connectivity index (χ0v) is 17.1. The van der Waals surface area contributed by atoms with Gasteiger partial charge in [-0.3, -0.25) is 15.1 Å². The summed E-state index contributed by atoms with van der Waals surface area (Å²) in [7, 11) is 0. The molecule has 9 nitrogen and oxygen atoms in total. The number of nitrogens with one attached hydrogen (secondary N) is 1. The predicted octanol–water partition coefficient (Wildman–Crippen LogP) is 2.63. The molecule has 1 fully saturated rings. The highest BCUT2D eigenvalue weighted by molar-refractivity contribution is 6.02. The molecular formula is C22H23N3O6. The molecule has 9 heteroatoms. The summed E-state index contributed by atoms with van der Waals surface area (Å²) in [5, 5.41) is 7.73. The van der Waals surface area contributed by atoms with Crippen LogP contribution in [-0.2, 0) is 16.0 Å². The normalized spacial score (nSPS) is 17.4. The summed E-state index contributed by atoms with van der Waals surface area (Å²) >= 11 is 0. The first kappa shape index (κ1) is 20.5. The van der Waals surface area contributed by atoms with Crippen LogP contribution in [0.2, 0.25) is 0 Å². The Bertz CT molecular complexity index is 1040. The number of fused-ring (bicyclic) bond motifs is 1. The van der Waals surface area contributed by atoms with Crippen molar-refractivity contribution in [3.05, 3.63) is 47.5 Å². The molecule has 31 heavy (non-hydrogen) atoms. The average Bonchev–Trinajstić information content (AvgIpc) is 3.12. The molecule has 2 aromatic rings. The molecule has 2 aromatic carbocycles. The summed E-state index contributed by atoms with van der Waals surface area (Å²) in [6, 6.07) is 10.4. The summed E-state index contributed by atoms with van der Waals surface area (Å²) in [5.41, 5.74) is 7.23. The molecule has 0 saturated carbocycles. The molecule has 1 amide bonds. The molecule has 1 atom stereocenters. The van der Waals surface area contributed by atoms with Crippen LogP contribution >= 0.6 is 0 Å². The van der Waals surface area contributed by atoms with E-state index >= 15 is 0 Å². The second-order valence-corrected chi connectivity index (χ2v) is 7.31. The predicted molar refractivity (Wildman–Crippen MR) is 112 cm³/mol. The highest BCUT2D eigenvalue weighted by atomic mass is 16.6. The van der Waals surface area contributed by atoms with E-state index in [0.29, 0.717) is 11.4 Å². The third-order valence-electron chi connectivity index (χ3n) is 5.01. The maximum atomic E-state index is 12.5. The van der Waals surface area contributed by atoms with Gasteiger partial charge >= 0.3 is 12.1 Å². The van der Waals surface area contributed by atoms with Crippen molar-refractivity contribution >= 4 is 23.6 Å². The molecule has 0 spiro atoms. The summed E-state index contributed by atoms with van der Waals surface area (Å²) in [5.74, 6) is 0.745. The number of esters is 1. The number of amidine groups is 1. The lowest BCUT2D eigenvalue weighted by Crippen LogP contribution is -2.28. The number of carbonyl (C=O) groups is 2. The third kappa shape index (κ3) is 4.40. The zero-order chi connectivity index (χ0) is 22.0. The van der Waals surface area contributed by atoms with Crippen LogP contribution in [0.15, 0.2) is 36.4 Å². The molecule has 1 saturated heterocycles. The van der Waals surface area contributed by atoms with Crippen LogP contribution in [0.25, 0.3) is 0 Å². The Labute approximate surface area is 179 Å². The van der Waals surface area contributed by atoms with E-state index in [1.165, 1.54) is 11.8 Å². The number of benzene rings is 2. The second-order valence-electron chi connectivity index (χ2n) is 7.31. The van der Waals surface area contributed by atoms with Crippen molar-refractivity contribution < 1.29 is 28.5 Å². The summed E-state index contributed by atoms with van der Waals surface area (Å²) in [6.45, 7) is 2.32. The van der Waals surface area contributed by atoms with E-state index in [0.717, 1.165) is 30.8 Å². The van der Waals surface area contributed by atoms with Gasteiger partial charge < -0.3 is 24.7 Å². The Morgan fingerprint density at radius 3 is 2.94 bits per heavy atom. The number of hydrogen-bond donors (Lipinski definition) is 2. The first-order valence-electron chi connectivity index (χ1n) is 9.95. The van der Waals surface area contributed by atoms with E-state index in [1.807, 2.05) is 18.2 Å². The Balaban J connectivity index is 1.48. The van der Waals surface area contributed by atoms with Crippen LogP contribution in [0.5, 0.6) is 17.2 Å². The van der Waals surface area contributed by atoms with Crippen molar-refractivity contribution in [3.63, 3.8) is 0 Å². The van der Waals surface area contributed by atoms with E-state index in [1.54, 1.807) is 18.2 Å². The molecule has 0 aromatic heterocycles. The SMILES string of the molecule is CC(=O)Oc1c(C(=N)N)cccc1N1CC(COc2ccc3c(c2)CCCO3)OC1=O. The first-order chi connectivity index (χ1) is 14.9. The van der Waals surface area contributed by atoms with Gasteiger partial charge in [-0.15, -0.1) is 0 Å². The molecule has 2 heterocycles. The molecular weight excluding hydrogens is 402 g/mol. The first-order valence-corrected chi connectivity index (χ1v) is 9.95. The van der Waals surface area contributed by atoms with Crippen molar-refractivity contribution in [2.75, 3.05) is 24.7 Å². The van der Waals surface area contributed by atoms with Crippen molar-refractivity contribution in [2.24, 2.45) is 5.73 Å². The number of carbonyl (C=O) groups excluding carboxylic acids is 2. The molecule has 162 valence electrons. The van der Waals surface area contributed by atoms with Gasteiger partial charge in [0.25, 0.3) is 0 Å². The minimum absolute atomic E-state index is 0.0516. The maximum Gasteiger partial charge on any atom is 0.415 e. The van der Waals surface area contributed by atoms with E-state index in [2.05, 4.69) is 0 Å². The number of ether oxygens (including phenoxy) is 4. The van der Waals surface area contributed by atoms with Crippen LogP contribution in [0.4, 0.5) is 10.5 Å². The number of amides is 1. The van der Waals surface area contributed by atoms with Gasteiger partial charge in [0.1, 0.15) is 23.9 Å². The van der Waals surface area contributed by atoms with Gasteiger partial charge in [0, 0.05) is 6.92 Å². The van der Waals surface area contributed by atoms with Crippen molar-refractivity contribution in [2.45, 2.75) is 25.9 Å². The van der Waals surface area contributed by atoms with Gasteiger partial charge in [0.2, 0.25) is 0 Å². The lowest BCUT2D eigenvalue weighted by Gasteiger charge is -2.19. The number of nitrogens with two attached hydrogens (primary N) is 1. The second kappa shape index (κ2) is 8.55. The summed E-state index contributed by atoms with van der Waals surface area (Å²) in [4.78, 5) is 25.4. The topological polar surface area (TPSA) is 124 Å². The Morgan fingerprint density at radius 1 is 1.32 bits per heavy atom. The van der Waals surface area contributed by atoms with Gasteiger partial charge in [-0.1, -0.05) is 6.07 Å². The van der Waals surface area contributed by atoms with E-state index < -0.39 is 18.2 Å². The molecule has 1 unspecified atom stereocenters. The minimum atomic E-state index is -0.596. The van der Waals surface area contributed by atoms with E-state index in [-0.39, 0.29) is 30.3 Å². The quantitative estimate of drug-likeness (QED) is 0.315. The highest BCUT2D eigenvalue weighted by Crippen LogP contribution is 2.35. The minimum Gasteiger partial charge on any atom is -0.493 e. The maximum absolute atomic E-state index is 12.5. The summed E-state index contributed by atoms with van der Waals surface area (Å²) < 4.78 is 22.2. The molecule has 0 aliphatic carbocycles. The highest BCUT2D eigenvalue weighted by Gasteiger charge is 2.35. The number of nitrogen functional groups attached to an aromatic ring is 1.